The van der Waals surface area contributed by atoms with Crippen LogP contribution in [0.3, 0.4) is 0 Å². The van der Waals surface area contributed by atoms with Gasteiger partial charge in [-0.1, -0.05) is 12.1 Å². The third kappa shape index (κ3) is 2.71. The normalized spacial score (nSPS) is 19.1. The van der Waals surface area contributed by atoms with Crippen LogP contribution < -0.4 is 4.74 Å². The number of hydrogen-bond acceptors (Lipinski definition) is 5. The van der Waals surface area contributed by atoms with Gasteiger partial charge in [-0.15, -0.1) is 10.2 Å². The number of rotatable bonds is 4. The Morgan fingerprint density at radius 1 is 1.04 bits per heavy atom. The summed E-state index contributed by atoms with van der Waals surface area (Å²) in [6.07, 6.45) is 5.88. The zero-order valence-electron chi connectivity index (χ0n) is 13.1. The Kier molecular flexibility index (Phi) is 3.65. The predicted molar refractivity (Wildman–Crippen MR) is 86.1 cm³/mol. The molecule has 5 nitrogen and oxygen atoms in total. The summed E-state index contributed by atoms with van der Waals surface area (Å²) in [5.74, 6) is 0.962. The molecule has 6 heteroatoms. The van der Waals surface area contributed by atoms with Crippen molar-refractivity contribution in [3.63, 3.8) is 0 Å². The van der Waals surface area contributed by atoms with Gasteiger partial charge in [-0.25, -0.2) is 14.4 Å². The lowest BCUT2D eigenvalue weighted by atomic mass is 10.0. The first-order valence-corrected chi connectivity index (χ1v) is 7.68. The van der Waals surface area contributed by atoms with E-state index in [4.69, 9.17) is 4.74 Å². The Balaban J connectivity index is 1.66. The Morgan fingerprint density at radius 2 is 1.79 bits per heavy atom. The van der Waals surface area contributed by atoms with Gasteiger partial charge in [0.25, 0.3) is 0 Å². The van der Waals surface area contributed by atoms with Crippen LogP contribution in [0.1, 0.15) is 29.4 Å². The molecule has 0 amide bonds. The molecule has 1 aromatic carbocycles. The molecule has 0 N–H and O–H groups in total. The Bertz CT molecular complexity index is 855. The molecule has 2 heterocycles. The SMILES string of the molecule is COc1nnc(-c2cncnc2)cc1C1CC1c1ccc(F)cc1. The molecule has 0 spiro atoms. The predicted octanol–water partition coefficient (Wildman–Crippen LogP) is 3.35. The topological polar surface area (TPSA) is 60.8 Å². The lowest BCUT2D eigenvalue weighted by Gasteiger charge is -2.08. The van der Waals surface area contributed by atoms with Crippen molar-refractivity contribution in [1.82, 2.24) is 20.2 Å². The highest BCUT2D eigenvalue weighted by Gasteiger charge is 2.42. The number of hydrogen-bond donors (Lipinski definition) is 0. The molecule has 1 aliphatic rings. The first-order chi connectivity index (χ1) is 11.8. The van der Waals surface area contributed by atoms with Crippen LogP contribution in [0, 0.1) is 5.82 Å². The van der Waals surface area contributed by atoms with Crippen LogP contribution in [0.2, 0.25) is 0 Å². The van der Waals surface area contributed by atoms with Crippen LogP contribution in [-0.2, 0) is 0 Å². The van der Waals surface area contributed by atoms with Gasteiger partial charge in [-0.2, -0.15) is 0 Å². The highest BCUT2D eigenvalue weighted by molar-refractivity contribution is 5.59. The molecule has 0 radical (unpaired) electrons. The molecule has 0 saturated heterocycles. The van der Waals surface area contributed by atoms with Crippen LogP contribution >= 0.6 is 0 Å². The molecule has 1 aliphatic carbocycles. The highest BCUT2D eigenvalue weighted by atomic mass is 19.1. The van der Waals surface area contributed by atoms with E-state index in [0.717, 1.165) is 28.8 Å². The van der Waals surface area contributed by atoms with Crippen LogP contribution in [0.25, 0.3) is 11.3 Å². The number of ether oxygens (including phenoxy) is 1. The summed E-state index contributed by atoms with van der Waals surface area (Å²) >= 11 is 0. The van der Waals surface area contributed by atoms with Crippen molar-refractivity contribution in [2.24, 2.45) is 0 Å². The van der Waals surface area contributed by atoms with Crippen molar-refractivity contribution in [2.75, 3.05) is 7.11 Å². The zero-order chi connectivity index (χ0) is 16.5. The number of halogens is 1. The Labute approximate surface area is 138 Å². The smallest absolute Gasteiger partial charge is 0.236 e. The van der Waals surface area contributed by atoms with Gasteiger partial charge in [-0.3, -0.25) is 0 Å². The Morgan fingerprint density at radius 3 is 2.50 bits per heavy atom. The first-order valence-electron chi connectivity index (χ1n) is 7.68. The van der Waals surface area contributed by atoms with E-state index >= 15 is 0 Å². The summed E-state index contributed by atoms with van der Waals surface area (Å²) in [5.41, 5.74) is 3.68. The number of methoxy groups -OCH3 is 1. The monoisotopic (exact) mass is 322 g/mol. The lowest BCUT2D eigenvalue weighted by Crippen LogP contribution is -1.99. The standard InChI is InChI=1S/C18H15FN4O/c1-24-18-16(7-17(22-23-18)12-8-20-10-21-9-12)15-6-14(15)11-2-4-13(19)5-3-11/h2-5,7-10,14-15H,6H2,1H3. The van der Waals surface area contributed by atoms with Crippen molar-refractivity contribution < 1.29 is 9.13 Å². The maximum Gasteiger partial charge on any atom is 0.236 e. The second-order valence-corrected chi connectivity index (χ2v) is 5.82. The maximum atomic E-state index is 13.1. The number of benzene rings is 1. The van der Waals surface area contributed by atoms with Gasteiger partial charge in [-0.05, 0) is 42.0 Å². The van der Waals surface area contributed by atoms with Crippen molar-refractivity contribution in [3.05, 3.63) is 66.0 Å². The van der Waals surface area contributed by atoms with Crippen molar-refractivity contribution in [3.8, 4) is 17.1 Å². The minimum absolute atomic E-state index is 0.217. The summed E-state index contributed by atoms with van der Waals surface area (Å²) in [4.78, 5) is 8.04. The molecule has 120 valence electrons. The minimum atomic E-state index is -0.217. The van der Waals surface area contributed by atoms with Gasteiger partial charge in [0.15, 0.2) is 0 Å². The second-order valence-electron chi connectivity index (χ2n) is 5.82. The van der Waals surface area contributed by atoms with Crippen LogP contribution in [0.4, 0.5) is 4.39 Å². The second kappa shape index (κ2) is 5.96. The third-order valence-corrected chi connectivity index (χ3v) is 4.33. The van der Waals surface area contributed by atoms with E-state index in [1.54, 1.807) is 19.5 Å². The zero-order valence-corrected chi connectivity index (χ0v) is 13.1. The molecule has 24 heavy (non-hydrogen) atoms. The lowest BCUT2D eigenvalue weighted by molar-refractivity contribution is 0.386. The fourth-order valence-electron chi connectivity index (χ4n) is 3.01. The van der Waals surface area contributed by atoms with Crippen molar-refractivity contribution in [1.29, 1.82) is 0 Å². The number of aromatic nitrogens is 4. The van der Waals surface area contributed by atoms with E-state index in [1.807, 2.05) is 18.2 Å². The summed E-state index contributed by atoms with van der Waals surface area (Å²) in [6.45, 7) is 0. The molecule has 0 bridgehead atoms. The molecular formula is C18H15FN4O. The van der Waals surface area contributed by atoms with Gasteiger partial charge < -0.3 is 4.74 Å². The molecule has 1 saturated carbocycles. The molecule has 2 unspecified atom stereocenters. The summed E-state index contributed by atoms with van der Waals surface area (Å²) < 4.78 is 18.5. The van der Waals surface area contributed by atoms with Gasteiger partial charge in [0.1, 0.15) is 12.1 Å². The van der Waals surface area contributed by atoms with Gasteiger partial charge in [0.05, 0.1) is 12.8 Å². The maximum absolute atomic E-state index is 13.1. The van der Waals surface area contributed by atoms with E-state index in [2.05, 4.69) is 20.2 Å². The van der Waals surface area contributed by atoms with E-state index in [1.165, 1.54) is 18.5 Å². The fourth-order valence-corrected chi connectivity index (χ4v) is 3.01. The molecular weight excluding hydrogens is 307 g/mol. The molecule has 1 fully saturated rings. The average molecular weight is 322 g/mol. The van der Waals surface area contributed by atoms with Gasteiger partial charge >= 0.3 is 0 Å². The molecule has 2 aromatic heterocycles. The molecule has 4 rings (SSSR count). The number of nitrogens with zero attached hydrogens (tertiary/aromatic N) is 4. The molecule has 3 aromatic rings. The minimum Gasteiger partial charge on any atom is -0.480 e. The van der Waals surface area contributed by atoms with E-state index in [0.29, 0.717) is 17.7 Å². The fraction of sp³-hybridized carbons (Fsp3) is 0.222. The molecule has 0 aliphatic heterocycles. The average Bonchev–Trinajstić information content (AvgIpc) is 3.43. The molecule has 2 atom stereocenters. The quantitative estimate of drug-likeness (QED) is 0.737. The van der Waals surface area contributed by atoms with Crippen LogP contribution in [-0.4, -0.2) is 27.3 Å². The van der Waals surface area contributed by atoms with Crippen molar-refractivity contribution >= 4 is 0 Å². The summed E-state index contributed by atoms with van der Waals surface area (Å²) in [5, 5.41) is 8.38. The van der Waals surface area contributed by atoms with E-state index in [9.17, 15) is 4.39 Å². The summed E-state index contributed by atoms with van der Waals surface area (Å²) in [6, 6.07) is 8.66. The Hall–Kier alpha value is -2.89. The summed E-state index contributed by atoms with van der Waals surface area (Å²) in [7, 11) is 1.59. The van der Waals surface area contributed by atoms with Crippen LogP contribution in [0.15, 0.2) is 49.1 Å². The van der Waals surface area contributed by atoms with Crippen molar-refractivity contribution in [2.45, 2.75) is 18.3 Å². The third-order valence-electron chi connectivity index (χ3n) is 4.33. The van der Waals surface area contributed by atoms with E-state index in [-0.39, 0.29) is 5.82 Å². The van der Waals surface area contributed by atoms with Gasteiger partial charge in [0, 0.05) is 23.5 Å². The van der Waals surface area contributed by atoms with Crippen LogP contribution in [0.5, 0.6) is 5.88 Å². The first kappa shape index (κ1) is 14.7. The van der Waals surface area contributed by atoms with E-state index < -0.39 is 0 Å². The largest absolute Gasteiger partial charge is 0.480 e. The van der Waals surface area contributed by atoms with Gasteiger partial charge in [0.2, 0.25) is 5.88 Å². The highest BCUT2D eigenvalue weighted by Crippen LogP contribution is 2.56.